The summed E-state index contributed by atoms with van der Waals surface area (Å²) < 4.78 is 16.6. The molecule has 0 spiro atoms. The van der Waals surface area contributed by atoms with Crippen molar-refractivity contribution in [3.05, 3.63) is 60.2 Å². The fourth-order valence-electron chi connectivity index (χ4n) is 1.77. The average Bonchev–Trinajstić information content (AvgIpc) is 3.29. The summed E-state index contributed by atoms with van der Waals surface area (Å²) in [6.07, 6.45) is 0.252. The fraction of sp³-hybridized carbons (Fsp3) is 0.250. The van der Waals surface area contributed by atoms with Gasteiger partial charge in [0, 0.05) is 0 Å². The van der Waals surface area contributed by atoms with Crippen LogP contribution in [0.15, 0.2) is 54.6 Å². The molecular formula is C16H16O3. The summed E-state index contributed by atoms with van der Waals surface area (Å²) in [4.78, 5) is 0. The predicted octanol–water partition coefficient (Wildman–Crippen LogP) is 3.04. The number of rotatable bonds is 6. The summed E-state index contributed by atoms with van der Waals surface area (Å²) in [5, 5.41) is 0. The lowest BCUT2D eigenvalue weighted by Crippen LogP contribution is -2.05. The first-order chi connectivity index (χ1) is 9.42. The van der Waals surface area contributed by atoms with Gasteiger partial charge in [-0.15, -0.1) is 0 Å². The van der Waals surface area contributed by atoms with Crippen molar-refractivity contribution in [1.82, 2.24) is 0 Å². The van der Waals surface area contributed by atoms with Gasteiger partial charge in [0.05, 0.1) is 6.61 Å². The first kappa shape index (κ1) is 12.1. The minimum Gasteiger partial charge on any atom is -0.487 e. The van der Waals surface area contributed by atoms with Crippen molar-refractivity contribution < 1.29 is 14.2 Å². The molecule has 2 aromatic rings. The second-order valence-electron chi connectivity index (χ2n) is 4.49. The molecule has 1 aliphatic heterocycles. The zero-order valence-corrected chi connectivity index (χ0v) is 10.6. The van der Waals surface area contributed by atoms with Crippen LogP contribution in [0.25, 0.3) is 0 Å². The molecule has 3 heteroatoms. The number of hydrogen-bond acceptors (Lipinski definition) is 3. The lowest BCUT2D eigenvalue weighted by molar-refractivity contribution is 0.238. The molecule has 0 N–H and O–H groups in total. The molecule has 1 heterocycles. The van der Waals surface area contributed by atoms with Gasteiger partial charge in [-0.25, -0.2) is 0 Å². The van der Waals surface area contributed by atoms with Crippen molar-refractivity contribution in [1.29, 1.82) is 0 Å². The van der Waals surface area contributed by atoms with Crippen LogP contribution in [0, 0.1) is 0 Å². The summed E-state index contributed by atoms with van der Waals surface area (Å²) in [5.74, 6) is 1.54. The molecule has 0 aliphatic carbocycles. The molecule has 0 aromatic heterocycles. The highest BCUT2D eigenvalue weighted by Crippen LogP contribution is 2.28. The molecule has 1 unspecified atom stereocenters. The van der Waals surface area contributed by atoms with Crippen LogP contribution in [0.1, 0.15) is 5.56 Å². The third-order valence-electron chi connectivity index (χ3n) is 2.91. The summed E-state index contributed by atoms with van der Waals surface area (Å²) in [6, 6.07) is 17.8. The van der Waals surface area contributed by atoms with Crippen LogP contribution in [0.4, 0.5) is 0 Å². The molecule has 0 saturated carbocycles. The topological polar surface area (TPSA) is 31.0 Å². The highest BCUT2D eigenvalue weighted by Gasteiger charge is 2.23. The Labute approximate surface area is 112 Å². The maximum Gasteiger partial charge on any atom is 0.161 e. The van der Waals surface area contributed by atoms with Gasteiger partial charge >= 0.3 is 0 Å². The zero-order chi connectivity index (χ0) is 12.9. The molecule has 0 radical (unpaired) electrons. The van der Waals surface area contributed by atoms with Crippen LogP contribution in [-0.2, 0) is 11.3 Å². The molecule has 1 fully saturated rings. The average molecular weight is 256 g/mol. The van der Waals surface area contributed by atoms with Crippen LogP contribution in [0.2, 0.25) is 0 Å². The van der Waals surface area contributed by atoms with Gasteiger partial charge in [0.1, 0.15) is 19.3 Å². The lowest BCUT2D eigenvalue weighted by atomic mass is 10.2. The van der Waals surface area contributed by atoms with Crippen molar-refractivity contribution in [2.75, 3.05) is 13.2 Å². The molecule has 0 amide bonds. The zero-order valence-electron chi connectivity index (χ0n) is 10.6. The van der Waals surface area contributed by atoms with Crippen LogP contribution >= 0.6 is 0 Å². The number of epoxide rings is 1. The molecule has 98 valence electrons. The van der Waals surface area contributed by atoms with Crippen LogP contribution in [0.5, 0.6) is 11.5 Å². The standard InChI is InChI=1S/C16H16O3/c1-2-6-13(7-3-1)10-18-15-8-4-5-9-16(15)19-12-14-11-17-14/h1-9,14H,10-12H2. The highest BCUT2D eigenvalue weighted by atomic mass is 16.6. The van der Waals surface area contributed by atoms with E-state index in [1.165, 1.54) is 0 Å². The molecule has 1 atom stereocenters. The van der Waals surface area contributed by atoms with E-state index in [-0.39, 0.29) is 6.10 Å². The molecule has 1 saturated heterocycles. The molecule has 1 aliphatic rings. The maximum absolute atomic E-state index is 5.81. The van der Waals surface area contributed by atoms with Gasteiger partial charge in [0.2, 0.25) is 0 Å². The van der Waals surface area contributed by atoms with Crippen LogP contribution in [0.3, 0.4) is 0 Å². The van der Waals surface area contributed by atoms with E-state index in [1.807, 2.05) is 54.6 Å². The van der Waals surface area contributed by atoms with Crippen molar-refractivity contribution in [3.63, 3.8) is 0 Å². The van der Waals surface area contributed by atoms with Gasteiger partial charge in [-0.2, -0.15) is 0 Å². The lowest BCUT2D eigenvalue weighted by Gasteiger charge is -2.12. The smallest absolute Gasteiger partial charge is 0.161 e. The maximum atomic E-state index is 5.81. The quantitative estimate of drug-likeness (QED) is 0.744. The Hall–Kier alpha value is -2.00. The van der Waals surface area contributed by atoms with Crippen molar-refractivity contribution in [2.45, 2.75) is 12.7 Å². The van der Waals surface area contributed by atoms with E-state index in [1.54, 1.807) is 0 Å². The molecular weight excluding hydrogens is 240 g/mol. The minimum atomic E-state index is 0.252. The number of para-hydroxylation sites is 2. The van der Waals surface area contributed by atoms with Crippen molar-refractivity contribution >= 4 is 0 Å². The van der Waals surface area contributed by atoms with E-state index >= 15 is 0 Å². The predicted molar refractivity (Wildman–Crippen MR) is 72.5 cm³/mol. The normalized spacial score (nSPS) is 16.9. The summed E-state index contributed by atoms with van der Waals surface area (Å²) in [5.41, 5.74) is 1.14. The molecule has 19 heavy (non-hydrogen) atoms. The first-order valence-corrected chi connectivity index (χ1v) is 6.42. The molecule has 0 bridgehead atoms. The largest absolute Gasteiger partial charge is 0.487 e. The monoisotopic (exact) mass is 256 g/mol. The van der Waals surface area contributed by atoms with Gasteiger partial charge in [0.25, 0.3) is 0 Å². The molecule has 3 nitrogen and oxygen atoms in total. The summed E-state index contributed by atoms with van der Waals surface area (Å²) in [6.45, 7) is 1.93. The van der Waals surface area contributed by atoms with E-state index in [0.717, 1.165) is 23.7 Å². The van der Waals surface area contributed by atoms with E-state index < -0.39 is 0 Å². The third-order valence-corrected chi connectivity index (χ3v) is 2.91. The Kier molecular flexibility index (Phi) is 3.65. The molecule has 3 rings (SSSR count). The van der Waals surface area contributed by atoms with Gasteiger partial charge in [0.15, 0.2) is 11.5 Å². The van der Waals surface area contributed by atoms with E-state index in [9.17, 15) is 0 Å². The van der Waals surface area contributed by atoms with Gasteiger partial charge in [-0.3, -0.25) is 0 Å². The Balaban J connectivity index is 1.62. The Morgan fingerprint density at radius 2 is 1.53 bits per heavy atom. The van der Waals surface area contributed by atoms with E-state index in [2.05, 4.69) is 0 Å². The van der Waals surface area contributed by atoms with Crippen molar-refractivity contribution in [3.8, 4) is 11.5 Å². The van der Waals surface area contributed by atoms with E-state index in [4.69, 9.17) is 14.2 Å². The van der Waals surface area contributed by atoms with Crippen LogP contribution in [-0.4, -0.2) is 19.3 Å². The third kappa shape index (κ3) is 3.48. The fourth-order valence-corrected chi connectivity index (χ4v) is 1.77. The number of hydrogen-bond donors (Lipinski definition) is 0. The highest BCUT2D eigenvalue weighted by molar-refractivity contribution is 5.39. The Bertz CT molecular complexity index is 521. The SMILES string of the molecule is c1ccc(COc2ccccc2OCC2CO2)cc1. The minimum absolute atomic E-state index is 0.252. The summed E-state index contributed by atoms with van der Waals surface area (Å²) in [7, 11) is 0. The van der Waals surface area contributed by atoms with Crippen LogP contribution < -0.4 is 9.47 Å². The van der Waals surface area contributed by atoms with E-state index in [0.29, 0.717) is 13.2 Å². The number of benzene rings is 2. The van der Waals surface area contributed by atoms with Gasteiger partial charge < -0.3 is 14.2 Å². The summed E-state index contributed by atoms with van der Waals surface area (Å²) >= 11 is 0. The Morgan fingerprint density at radius 1 is 0.895 bits per heavy atom. The van der Waals surface area contributed by atoms with Gasteiger partial charge in [-0.1, -0.05) is 42.5 Å². The van der Waals surface area contributed by atoms with Gasteiger partial charge in [-0.05, 0) is 17.7 Å². The second kappa shape index (κ2) is 5.76. The Morgan fingerprint density at radius 3 is 2.21 bits per heavy atom. The number of ether oxygens (including phenoxy) is 3. The van der Waals surface area contributed by atoms with Crippen molar-refractivity contribution in [2.24, 2.45) is 0 Å². The first-order valence-electron chi connectivity index (χ1n) is 6.42. The second-order valence-corrected chi connectivity index (χ2v) is 4.49. The molecule has 2 aromatic carbocycles.